The molecule has 2 aliphatic rings. The van der Waals surface area contributed by atoms with Gasteiger partial charge in [-0.15, -0.1) is 0 Å². The van der Waals surface area contributed by atoms with Crippen molar-refractivity contribution >= 4 is 35.4 Å². The minimum Gasteiger partial charge on any atom is -0.469 e. The van der Waals surface area contributed by atoms with Crippen molar-refractivity contribution in [3.8, 4) is 0 Å². The van der Waals surface area contributed by atoms with Crippen LogP contribution in [0.4, 0.5) is 0 Å². The average Bonchev–Trinajstić information content (AvgIpc) is 3.16. The maximum Gasteiger partial charge on any atom is 0.305 e. The van der Waals surface area contributed by atoms with Crippen molar-refractivity contribution in [2.75, 3.05) is 14.2 Å². The molecule has 0 radical (unpaired) electrons. The Labute approximate surface area is 218 Å². The van der Waals surface area contributed by atoms with Crippen molar-refractivity contribution in [2.24, 2.45) is 5.92 Å². The predicted octanol–water partition coefficient (Wildman–Crippen LogP) is 6.92. The molecule has 186 valence electrons. The molecule has 1 aliphatic carbocycles. The highest BCUT2D eigenvalue weighted by atomic mass is 31.2. The number of carbonyl (C=O) groups is 1. The van der Waals surface area contributed by atoms with Crippen LogP contribution in [0.1, 0.15) is 35.6 Å². The second-order valence-corrected chi connectivity index (χ2v) is 13.0. The molecular formula is C32H30NO3P. The highest BCUT2D eigenvalue weighted by molar-refractivity contribution is 7.71. The lowest BCUT2D eigenvalue weighted by molar-refractivity contribution is -0.140. The molecule has 1 saturated heterocycles. The smallest absolute Gasteiger partial charge is 0.305 e. The van der Waals surface area contributed by atoms with E-state index in [-0.39, 0.29) is 24.3 Å². The molecule has 1 heterocycles. The number of nitrogens with zero attached hydrogens (tertiary/aromatic N) is 1. The number of esters is 1. The van der Waals surface area contributed by atoms with E-state index in [9.17, 15) is 4.79 Å². The molecule has 4 aromatic rings. The van der Waals surface area contributed by atoms with E-state index < -0.39 is 12.4 Å². The minimum atomic E-state index is -3.37. The number of rotatable bonds is 5. The van der Waals surface area contributed by atoms with E-state index in [4.69, 9.17) is 4.74 Å². The third kappa shape index (κ3) is 3.40. The number of carbonyl (C=O) groups excluding carboxylic acids is 1. The van der Waals surface area contributed by atoms with Gasteiger partial charge in [-0.1, -0.05) is 103 Å². The lowest BCUT2D eigenvalue weighted by Crippen LogP contribution is -2.37. The van der Waals surface area contributed by atoms with Crippen LogP contribution in [0.2, 0.25) is 0 Å². The van der Waals surface area contributed by atoms with E-state index in [0.29, 0.717) is 6.42 Å². The standard InChI is InChI=1S/C32H30NO3P/c1-33-31(25-13-4-3-5-14-25)28-20-19-24-12-7-9-17-27(24)32(28,22-21-30(34)36-2)37(33,35)29-18-10-15-23-11-6-8-16-26(23)29/h3-20,28,31H,21-22H2,1-2H3/t28-,31+,32+,37?/m1/s1. The third-order valence-electron chi connectivity index (χ3n) is 8.36. The molecule has 6 rings (SSSR count). The fraction of sp³-hybridized carbons (Fsp3) is 0.219. The maximum absolute atomic E-state index is 16.2. The zero-order valence-corrected chi connectivity index (χ0v) is 22.0. The van der Waals surface area contributed by atoms with Gasteiger partial charge in [0, 0.05) is 23.7 Å². The van der Waals surface area contributed by atoms with Crippen LogP contribution in [-0.2, 0) is 19.3 Å². The second kappa shape index (κ2) is 9.13. The molecule has 4 aromatic carbocycles. The summed E-state index contributed by atoms with van der Waals surface area (Å²) >= 11 is 0. The molecule has 0 spiro atoms. The molecule has 5 heteroatoms. The van der Waals surface area contributed by atoms with Crippen molar-refractivity contribution in [3.05, 3.63) is 120 Å². The number of benzene rings is 4. The van der Waals surface area contributed by atoms with Gasteiger partial charge in [-0.05, 0) is 47.0 Å². The second-order valence-electron chi connectivity index (χ2n) is 9.98. The first-order chi connectivity index (χ1) is 18.0. The Balaban J connectivity index is 1.71. The topological polar surface area (TPSA) is 46.6 Å². The van der Waals surface area contributed by atoms with Crippen LogP contribution in [0.25, 0.3) is 16.8 Å². The lowest BCUT2D eigenvalue weighted by atomic mass is 9.71. The van der Waals surface area contributed by atoms with Gasteiger partial charge in [0.2, 0.25) is 0 Å². The van der Waals surface area contributed by atoms with E-state index in [1.807, 2.05) is 61.6 Å². The summed E-state index contributed by atoms with van der Waals surface area (Å²) in [4.78, 5) is 12.6. The summed E-state index contributed by atoms with van der Waals surface area (Å²) in [6.07, 6.45) is 5.02. The van der Waals surface area contributed by atoms with Gasteiger partial charge in [0.1, 0.15) is 0 Å². The molecule has 4 atom stereocenters. The fourth-order valence-corrected chi connectivity index (χ4v) is 11.1. The molecule has 37 heavy (non-hydrogen) atoms. The van der Waals surface area contributed by atoms with Crippen LogP contribution in [0.3, 0.4) is 0 Å². The zero-order valence-electron chi connectivity index (χ0n) is 21.1. The van der Waals surface area contributed by atoms with Gasteiger partial charge in [-0.2, -0.15) is 0 Å². The number of fused-ring (bicyclic) bond motifs is 4. The van der Waals surface area contributed by atoms with Crippen molar-refractivity contribution in [1.82, 2.24) is 4.67 Å². The van der Waals surface area contributed by atoms with E-state index in [1.165, 1.54) is 7.11 Å². The third-order valence-corrected chi connectivity index (χ3v) is 12.4. The van der Waals surface area contributed by atoms with Gasteiger partial charge in [0.25, 0.3) is 0 Å². The van der Waals surface area contributed by atoms with Crippen LogP contribution in [-0.4, -0.2) is 24.8 Å². The summed E-state index contributed by atoms with van der Waals surface area (Å²) in [5.41, 5.74) is 3.23. The highest BCUT2D eigenvalue weighted by Gasteiger charge is 2.67. The van der Waals surface area contributed by atoms with Crippen LogP contribution in [0, 0.1) is 5.92 Å². The Morgan fingerprint density at radius 3 is 2.43 bits per heavy atom. The zero-order chi connectivity index (χ0) is 25.6. The highest BCUT2D eigenvalue weighted by Crippen LogP contribution is 2.80. The summed E-state index contributed by atoms with van der Waals surface area (Å²) in [7, 11) is 0.0617. The Kier molecular flexibility index (Phi) is 5.90. The van der Waals surface area contributed by atoms with Crippen molar-refractivity contribution < 1.29 is 14.1 Å². The Bertz CT molecular complexity index is 1560. The van der Waals surface area contributed by atoms with E-state index in [1.54, 1.807) is 0 Å². The van der Waals surface area contributed by atoms with Crippen LogP contribution in [0.5, 0.6) is 0 Å². The fourth-order valence-electron chi connectivity index (χ4n) is 6.78. The number of hydrogen-bond acceptors (Lipinski definition) is 3. The average molecular weight is 508 g/mol. The van der Waals surface area contributed by atoms with Gasteiger partial charge in [-0.25, -0.2) is 4.67 Å². The van der Waals surface area contributed by atoms with Gasteiger partial charge in [-0.3, -0.25) is 4.79 Å². The predicted molar refractivity (Wildman–Crippen MR) is 150 cm³/mol. The number of ether oxygens (including phenoxy) is 1. The molecule has 1 aliphatic heterocycles. The molecule has 0 amide bonds. The molecule has 4 nitrogen and oxygen atoms in total. The first-order valence-electron chi connectivity index (χ1n) is 12.7. The van der Waals surface area contributed by atoms with Crippen LogP contribution in [0.15, 0.2) is 103 Å². The largest absolute Gasteiger partial charge is 0.469 e. The normalized spacial score (nSPS) is 26.5. The monoisotopic (exact) mass is 507 g/mol. The maximum atomic E-state index is 16.2. The summed E-state index contributed by atoms with van der Waals surface area (Å²) < 4.78 is 23.5. The number of hydrogen-bond donors (Lipinski definition) is 0. The quantitative estimate of drug-likeness (QED) is 0.217. The summed E-state index contributed by atoms with van der Waals surface area (Å²) in [5.74, 6) is -0.375. The lowest BCUT2D eigenvalue weighted by Gasteiger charge is -2.43. The Morgan fingerprint density at radius 1 is 0.919 bits per heavy atom. The SMILES string of the molecule is COC(=O)CC[C@]12c3ccccc3C=C[C@@H]1[C@H](c1ccccc1)N(C)P2(=O)c1cccc2ccccc12. The van der Waals surface area contributed by atoms with Gasteiger partial charge >= 0.3 is 5.97 Å². The van der Waals surface area contributed by atoms with E-state index in [0.717, 1.165) is 32.8 Å². The Morgan fingerprint density at radius 2 is 1.62 bits per heavy atom. The van der Waals surface area contributed by atoms with Gasteiger partial charge in [0.15, 0.2) is 7.29 Å². The minimum absolute atomic E-state index is 0.0933. The molecule has 0 aromatic heterocycles. The molecule has 1 fully saturated rings. The van der Waals surface area contributed by atoms with Crippen molar-refractivity contribution in [3.63, 3.8) is 0 Å². The summed E-state index contributed by atoms with van der Waals surface area (Å²) in [6, 6.07) is 32.8. The van der Waals surface area contributed by atoms with Crippen LogP contribution < -0.4 is 5.30 Å². The Hall–Kier alpha value is -3.46. The molecule has 0 saturated carbocycles. The summed E-state index contributed by atoms with van der Waals surface area (Å²) in [6.45, 7) is 0. The van der Waals surface area contributed by atoms with E-state index in [2.05, 4.69) is 59.3 Å². The molecular weight excluding hydrogens is 477 g/mol. The first-order valence-corrected chi connectivity index (χ1v) is 14.4. The number of methoxy groups -OCH3 is 1. The van der Waals surface area contributed by atoms with Gasteiger partial charge < -0.3 is 9.30 Å². The molecule has 0 N–H and O–H groups in total. The van der Waals surface area contributed by atoms with Gasteiger partial charge in [0.05, 0.1) is 12.3 Å². The molecule has 1 unspecified atom stereocenters. The van der Waals surface area contributed by atoms with Crippen molar-refractivity contribution in [1.29, 1.82) is 0 Å². The first kappa shape index (κ1) is 23.9. The molecule has 0 bridgehead atoms. The van der Waals surface area contributed by atoms with E-state index >= 15 is 4.57 Å². The van der Waals surface area contributed by atoms with Crippen molar-refractivity contribution in [2.45, 2.75) is 24.0 Å². The van der Waals surface area contributed by atoms with Crippen LogP contribution >= 0.6 is 7.29 Å². The summed E-state index contributed by atoms with van der Waals surface area (Å²) in [5, 5.41) is 2.11.